The number of carbonyl (C=O) groups excluding carboxylic acids is 1. The summed E-state index contributed by atoms with van der Waals surface area (Å²) < 4.78 is 17.8. The van der Waals surface area contributed by atoms with E-state index in [0.717, 1.165) is 0 Å². The van der Waals surface area contributed by atoms with E-state index in [1.807, 2.05) is 0 Å². The Hall–Kier alpha value is -2.36. The Kier molecular flexibility index (Phi) is 4.13. The quantitative estimate of drug-likeness (QED) is 0.838. The molecule has 0 fully saturated rings. The molecular weight excluding hydrogens is 245 g/mol. The highest BCUT2D eigenvalue weighted by Crippen LogP contribution is 2.14. The predicted octanol–water partition coefficient (Wildman–Crippen LogP) is 3.13. The van der Waals surface area contributed by atoms with Crippen molar-refractivity contribution in [3.05, 3.63) is 59.9 Å². The van der Waals surface area contributed by atoms with Crippen LogP contribution >= 0.6 is 0 Å². The summed E-state index contributed by atoms with van der Waals surface area (Å²) in [4.78, 5) is 12.0. The van der Waals surface area contributed by atoms with Gasteiger partial charge in [0, 0.05) is 11.3 Å². The number of ketones is 1. The minimum Gasteiger partial charge on any atom is -0.497 e. The van der Waals surface area contributed by atoms with Gasteiger partial charge in [0.25, 0.3) is 0 Å². The fourth-order valence-electron chi connectivity index (χ4n) is 1.65. The Bertz CT molecular complexity index is 567. The van der Waals surface area contributed by atoms with Crippen molar-refractivity contribution in [3.63, 3.8) is 0 Å². The van der Waals surface area contributed by atoms with Gasteiger partial charge in [-0.15, -0.1) is 0 Å². The van der Waals surface area contributed by atoms with Crippen LogP contribution in [0.25, 0.3) is 0 Å². The van der Waals surface area contributed by atoms with Crippen molar-refractivity contribution < 1.29 is 13.9 Å². The van der Waals surface area contributed by atoms with Crippen LogP contribution in [0.4, 0.5) is 10.1 Å². The Balaban J connectivity index is 1.99. The molecule has 0 radical (unpaired) electrons. The second-order valence-electron chi connectivity index (χ2n) is 4.02. The van der Waals surface area contributed by atoms with Crippen molar-refractivity contribution in [2.45, 2.75) is 0 Å². The van der Waals surface area contributed by atoms with Gasteiger partial charge >= 0.3 is 0 Å². The van der Waals surface area contributed by atoms with E-state index in [4.69, 9.17) is 4.74 Å². The normalized spacial score (nSPS) is 10.0. The van der Waals surface area contributed by atoms with Crippen LogP contribution in [-0.4, -0.2) is 19.4 Å². The summed E-state index contributed by atoms with van der Waals surface area (Å²) in [6, 6.07) is 12.8. The minimum atomic E-state index is -0.301. The fourth-order valence-corrected chi connectivity index (χ4v) is 1.65. The summed E-state index contributed by atoms with van der Waals surface area (Å²) in [5.41, 5.74) is 1.28. The maximum atomic E-state index is 12.7. The molecule has 3 nitrogen and oxygen atoms in total. The molecule has 4 heteroatoms. The van der Waals surface area contributed by atoms with Gasteiger partial charge in [-0.05, 0) is 36.4 Å². The molecule has 0 aliphatic heterocycles. The van der Waals surface area contributed by atoms with Crippen LogP contribution in [0.1, 0.15) is 10.4 Å². The SMILES string of the molecule is COc1cccc(C(=O)CNc2ccc(F)cc2)c1. The van der Waals surface area contributed by atoms with E-state index < -0.39 is 0 Å². The summed E-state index contributed by atoms with van der Waals surface area (Å²) in [5, 5.41) is 2.95. The third-order valence-corrected chi connectivity index (χ3v) is 2.69. The Labute approximate surface area is 111 Å². The van der Waals surface area contributed by atoms with Gasteiger partial charge in [0.2, 0.25) is 0 Å². The van der Waals surface area contributed by atoms with Gasteiger partial charge in [0.15, 0.2) is 5.78 Å². The largest absolute Gasteiger partial charge is 0.497 e. The number of Topliss-reactive ketones (excluding diaryl/α,β-unsaturated/α-hetero) is 1. The lowest BCUT2D eigenvalue weighted by Crippen LogP contribution is -2.13. The van der Waals surface area contributed by atoms with E-state index in [9.17, 15) is 9.18 Å². The molecule has 0 bridgehead atoms. The second-order valence-corrected chi connectivity index (χ2v) is 4.02. The first kappa shape index (κ1) is 13.1. The number of benzene rings is 2. The molecule has 19 heavy (non-hydrogen) atoms. The zero-order valence-electron chi connectivity index (χ0n) is 10.5. The lowest BCUT2D eigenvalue weighted by atomic mass is 10.1. The van der Waals surface area contributed by atoms with Crippen molar-refractivity contribution in [2.24, 2.45) is 0 Å². The molecule has 2 rings (SSSR count). The summed E-state index contributed by atoms with van der Waals surface area (Å²) in [6.07, 6.45) is 0. The van der Waals surface area contributed by atoms with Crippen LogP contribution in [0.15, 0.2) is 48.5 Å². The molecule has 0 amide bonds. The molecule has 2 aromatic rings. The molecule has 0 atom stereocenters. The van der Waals surface area contributed by atoms with Gasteiger partial charge in [-0.25, -0.2) is 4.39 Å². The van der Waals surface area contributed by atoms with Gasteiger partial charge < -0.3 is 10.1 Å². The van der Waals surface area contributed by atoms with Crippen LogP contribution < -0.4 is 10.1 Å². The number of nitrogens with one attached hydrogen (secondary N) is 1. The van der Waals surface area contributed by atoms with Gasteiger partial charge in [-0.3, -0.25) is 4.79 Å². The average Bonchev–Trinajstić information content (AvgIpc) is 2.46. The molecule has 0 saturated carbocycles. The minimum absolute atomic E-state index is 0.0526. The number of hydrogen-bond donors (Lipinski definition) is 1. The first-order valence-electron chi connectivity index (χ1n) is 5.86. The topological polar surface area (TPSA) is 38.3 Å². The number of methoxy groups -OCH3 is 1. The fraction of sp³-hybridized carbons (Fsp3) is 0.133. The number of rotatable bonds is 5. The maximum Gasteiger partial charge on any atom is 0.181 e. The van der Waals surface area contributed by atoms with Crippen molar-refractivity contribution in [3.8, 4) is 5.75 Å². The number of halogens is 1. The first-order valence-corrected chi connectivity index (χ1v) is 5.86. The van der Waals surface area contributed by atoms with Gasteiger partial charge in [-0.2, -0.15) is 0 Å². The Morgan fingerprint density at radius 2 is 1.95 bits per heavy atom. The molecule has 0 saturated heterocycles. The predicted molar refractivity (Wildman–Crippen MR) is 72.2 cm³/mol. The molecule has 2 aromatic carbocycles. The van der Waals surface area contributed by atoms with Gasteiger partial charge in [0.05, 0.1) is 13.7 Å². The highest BCUT2D eigenvalue weighted by atomic mass is 19.1. The third kappa shape index (κ3) is 3.55. The Morgan fingerprint density at radius 3 is 2.63 bits per heavy atom. The first-order chi connectivity index (χ1) is 9.19. The molecular formula is C15H14FNO2. The molecule has 0 unspecified atom stereocenters. The molecule has 98 valence electrons. The number of anilines is 1. The van der Waals surface area contributed by atoms with Crippen molar-refractivity contribution in [1.29, 1.82) is 0 Å². The van der Waals surface area contributed by atoms with Gasteiger partial charge in [0.1, 0.15) is 11.6 Å². The second kappa shape index (κ2) is 6.00. The van der Waals surface area contributed by atoms with Gasteiger partial charge in [-0.1, -0.05) is 12.1 Å². The van der Waals surface area contributed by atoms with Crippen molar-refractivity contribution >= 4 is 11.5 Å². The summed E-state index contributed by atoms with van der Waals surface area (Å²) >= 11 is 0. The van der Waals surface area contributed by atoms with Crippen LogP contribution in [0.2, 0.25) is 0 Å². The molecule has 0 aromatic heterocycles. The molecule has 0 spiro atoms. The van der Waals surface area contributed by atoms with E-state index >= 15 is 0 Å². The lowest BCUT2D eigenvalue weighted by molar-refractivity contribution is 0.101. The molecule has 1 N–H and O–H groups in total. The third-order valence-electron chi connectivity index (χ3n) is 2.69. The Morgan fingerprint density at radius 1 is 1.21 bits per heavy atom. The van der Waals surface area contributed by atoms with E-state index in [1.165, 1.54) is 12.1 Å². The number of carbonyl (C=O) groups is 1. The van der Waals surface area contributed by atoms with Crippen LogP contribution in [0.3, 0.4) is 0 Å². The number of hydrogen-bond acceptors (Lipinski definition) is 3. The zero-order valence-corrected chi connectivity index (χ0v) is 10.5. The summed E-state index contributed by atoms with van der Waals surface area (Å²) in [6.45, 7) is 0.152. The van der Waals surface area contributed by atoms with Crippen LogP contribution in [-0.2, 0) is 0 Å². The highest BCUT2D eigenvalue weighted by Gasteiger charge is 2.06. The van der Waals surface area contributed by atoms with E-state index in [2.05, 4.69) is 5.32 Å². The smallest absolute Gasteiger partial charge is 0.181 e. The average molecular weight is 259 g/mol. The maximum absolute atomic E-state index is 12.7. The number of ether oxygens (including phenoxy) is 1. The summed E-state index contributed by atoms with van der Waals surface area (Å²) in [5.74, 6) is 0.292. The van der Waals surface area contributed by atoms with Crippen molar-refractivity contribution in [2.75, 3.05) is 19.0 Å². The summed E-state index contributed by atoms with van der Waals surface area (Å²) in [7, 11) is 1.56. The standard InChI is InChI=1S/C15H14FNO2/c1-19-14-4-2-3-11(9-14)15(18)10-17-13-7-5-12(16)6-8-13/h2-9,17H,10H2,1H3. The molecule has 0 aliphatic rings. The molecule has 0 aliphatic carbocycles. The van der Waals surface area contributed by atoms with Crippen molar-refractivity contribution in [1.82, 2.24) is 0 Å². The monoisotopic (exact) mass is 259 g/mol. The molecule has 0 heterocycles. The van der Waals surface area contributed by atoms with E-state index in [-0.39, 0.29) is 18.1 Å². The van der Waals surface area contributed by atoms with Crippen LogP contribution in [0, 0.1) is 5.82 Å². The lowest BCUT2D eigenvalue weighted by Gasteiger charge is -2.06. The zero-order chi connectivity index (χ0) is 13.7. The van der Waals surface area contributed by atoms with E-state index in [1.54, 1.807) is 43.5 Å². The highest BCUT2D eigenvalue weighted by molar-refractivity contribution is 5.99. The van der Waals surface area contributed by atoms with E-state index in [0.29, 0.717) is 17.0 Å². The van der Waals surface area contributed by atoms with Crippen LogP contribution in [0.5, 0.6) is 5.75 Å².